The topological polar surface area (TPSA) is 41.9 Å². The predicted octanol–water partition coefficient (Wildman–Crippen LogP) is 4.49. The second-order valence-electron chi connectivity index (χ2n) is 5.81. The van der Waals surface area contributed by atoms with Crippen molar-refractivity contribution in [3.8, 4) is 0 Å². The van der Waals surface area contributed by atoms with Crippen molar-refractivity contribution in [2.45, 2.75) is 27.3 Å². The highest BCUT2D eigenvalue weighted by Crippen LogP contribution is 2.23. The third kappa shape index (κ3) is 5.37. The van der Waals surface area contributed by atoms with Crippen LogP contribution < -0.4 is 10.6 Å². The molecule has 0 bridgehead atoms. The van der Waals surface area contributed by atoms with Gasteiger partial charge in [-0.15, -0.1) is 0 Å². The Morgan fingerprint density at radius 3 is 2.65 bits per heavy atom. The van der Waals surface area contributed by atoms with Crippen LogP contribution in [0.2, 0.25) is 10.0 Å². The standard InChI is InChI=1S/C16H20Cl2N4S/c1-10(2)8-19-16(23)20-15-6-11(3)22(21-15)9-12-4-5-13(17)14(18)7-12/h4-7,10H,8-9H2,1-3H3,(H2,19,20,21,23). The molecule has 0 aliphatic heterocycles. The molecule has 0 saturated heterocycles. The second kappa shape index (κ2) is 7.99. The molecule has 7 heteroatoms. The van der Waals surface area contributed by atoms with Crippen LogP contribution in [-0.2, 0) is 6.54 Å². The number of nitrogens with one attached hydrogen (secondary N) is 2. The number of halogens is 2. The number of thiocarbonyl (C=S) groups is 1. The summed E-state index contributed by atoms with van der Waals surface area (Å²) in [5.41, 5.74) is 2.07. The van der Waals surface area contributed by atoms with E-state index in [9.17, 15) is 0 Å². The van der Waals surface area contributed by atoms with E-state index in [2.05, 4.69) is 29.6 Å². The molecule has 1 aromatic heterocycles. The van der Waals surface area contributed by atoms with Gasteiger partial charge < -0.3 is 10.6 Å². The lowest BCUT2D eigenvalue weighted by atomic mass is 10.2. The van der Waals surface area contributed by atoms with Gasteiger partial charge in [0.05, 0.1) is 16.6 Å². The number of hydrogen-bond donors (Lipinski definition) is 2. The van der Waals surface area contributed by atoms with Crippen LogP contribution in [0.4, 0.5) is 5.82 Å². The average Bonchev–Trinajstić information content (AvgIpc) is 2.80. The first kappa shape index (κ1) is 18.0. The summed E-state index contributed by atoms with van der Waals surface area (Å²) in [5.74, 6) is 1.26. The van der Waals surface area contributed by atoms with Crippen LogP contribution in [0, 0.1) is 12.8 Å². The van der Waals surface area contributed by atoms with Gasteiger partial charge in [0.1, 0.15) is 0 Å². The minimum atomic E-state index is 0.531. The molecule has 2 N–H and O–H groups in total. The van der Waals surface area contributed by atoms with Crippen LogP contribution in [0.15, 0.2) is 24.3 Å². The molecule has 0 radical (unpaired) electrons. The van der Waals surface area contributed by atoms with E-state index in [1.54, 1.807) is 6.07 Å². The molecular formula is C16H20Cl2N4S. The maximum absolute atomic E-state index is 6.05. The lowest BCUT2D eigenvalue weighted by Crippen LogP contribution is -2.31. The Hall–Kier alpha value is -1.30. The Morgan fingerprint density at radius 2 is 2.00 bits per heavy atom. The molecule has 0 saturated carbocycles. The van der Waals surface area contributed by atoms with E-state index in [-0.39, 0.29) is 0 Å². The molecule has 0 fully saturated rings. The first-order valence-electron chi connectivity index (χ1n) is 7.38. The van der Waals surface area contributed by atoms with Gasteiger partial charge in [0, 0.05) is 18.3 Å². The fourth-order valence-electron chi connectivity index (χ4n) is 2.00. The smallest absolute Gasteiger partial charge is 0.171 e. The largest absolute Gasteiger partial charge is 0.362 e. The van der Waals surface area contributed by atoms with Crippen LogP contribution >= 0.6 is 35.4 Å². The summed E-state index contributed by atoms with van der Waals surface area (Å²) >= 11 is 17.3. The molecule has 1 aromatic carbocycles. The molecule has 2 rings (SSSR count). The summed E-state index contributed by atoms with van der Waals surface area (Å²) < 4.78 is 1.90. The molecule has 124 valence electrons. The molecule has 0 aliphatic carbocycles. The Balaban J connectivity index is 2.03. The summed E-state index contributed by atoms with van der Waals surface area (Å²) in [4.78, 5) is 0. The quantitative estimate of drug-likeness (QED) is 0.760. The minimum absolute atomic E-state index is 0.531. The van der Waals surface area contributed by atoms with Gasteiger partial charge in [-0.1, -0.05) is 43.1 Å². The molecule has 1 heterocycles. The van der Waals surface area contributed by atoms with Crippen LogP contribution in [0.5, 0.6) is 0 Å². The second-order valence-corrected chi connectivity index (χ2v) is 7.03. The molecule has 0 spiro atoms. The van der Waals surface area contributed by atoms with Crippen LogP contribution in [-0.4, -0.2) is 21.4 Å². The number of benzene rings is 1. The summed E-state index contributed by atoms with van der Waals surface area (Å²) in [6, 6.07) is 7.55. The van der Waals surface area contributed by atoms with E-state index in [0.717, 1.165) is 23.6 Å². The van der Waals surface area contributed by atoms with Crippen molar-refractivity contribution < 1.29 is 0 Å². The Labute approximate surface area is 152 Å². The zero-order valence-electron chi connectivity index (χ0n) is 13.4. The molecule has 23 heavy (non-hydrogen) atoms. The van der Waals surface area contributed by atoms with E-state index in [1.165, 1.54) is 0 Å². The van der Waals surface area contributed by atoms with Gasteiger partial charge in [-0.25, -0.2) is 0 Å². The van der Waals surface area contributed by atoms with Crippen molar-refractivity contribution in [3.05, 3.63) is 45.6 Å². The number of aryl methyl sites for hydroxylation is 1. The van der Waals surface area contributed by atoms with Gasteiger partial charge in [0.15, 0.2) is 10.9 Å². The zero-order valence-corrected chi connectivity index (χ0v) is 15.7. The Morgan fingerprint density at radius 1 is 1.26 bits per heavy atom. The van der Waals surface area contributed by atoms with Gasteiger partial charge in [0.2, 0.25) is 0 Å². The third-order valence-electron chi connectivity index (χ3n) is 3.21. The van der Waals surface area contributed by atoms with Crippen molar-refractivity contribution in [2.75, 3.05) is 11.9 Å². The predicted molar refractivity (Wildman–Crippen MR) is 102 cm³/mol. The number of hydrogen-bond acceptors (Lipinski definition) is 2. The monoisotopic (exact) mass is 370 g/mol. The fraction of sp³-hybridized carbons (Fsp3) is 0.375. The molecule has 0 atom stereocenters. The van der Waals surface area contributed by atoms with Crippen LogP contribution in [0.1, 0.15) is 25.1 Å². The van der Waals surface area contributed by atoms with Crippen molar-refractivity contribution in [2.24, 2.45) is 5.92 Å². The summed E-state index contributed by atoms with van der Waals surface area (Å²) in [5, 5.41) is 12.5. The SMILES string of the molecule is Cc1cc(NC(=S)NCC(C)C)nn1Cc1ccc(Cl)c(Cl)c1. The molecule has 0 amide bonds. The number of rotatable bonds is 5. The Kier molecular flexibility index (Phi) is 6.27. The van der Waals surface area contributed by atoms with Gasteiger partial charge in [-0.2, -0.15) is 5.10 Å². The highest BCUT2D eigenvalue weighted by atomic mass is 35.5. The van der Waals surface area contributed by atoms with E-state index >= 15 is 0 Å². The number of aromatic nitrogens is 2. The van der Waals surface area contributed by atoms with E-state index in [0.29, 0.717) is 27.6 Å². The lowest BCUT2D eigenvalue weighted by Gasteiger charge is -2.10. The minimum Gasteiger partial charge on any atom is -0.362 e. The lowest BCUT2D eigenvalue weighted by molar-refractivity contribution is 0.627. The maximum Gasteiger partial charge on any atom is 0.171 e. The maximum atomic E-state index is 6.05. The molecular weight excluding hydrogens is 351 g/mol. The van der Waals surface area contributed by atoms with Gasteiger partial charge >= 0.3 is 0 Å². The summed E-state index contributed by atoms with van der Waals surface area (Å²) in [7, 11) is 0. The summed E-state index contributed by atoms with van der Waals surface area (Å²) in [6.45, 7) is 7.71. The highest BCUT2D eigenvalue weighted by Gasteiger charge is 2.08. The van der Waals surface area contributed by atoms with Crippen molar-refractivity contribution in [1.29, 1.82) is 0 Å². The van der Waals surface area contributed by atoms with Crippen molar-refractivity contribution >= 4 is 46.4 Å². The average molecular weight is 371 g/mol. The molecule has 2 aromatic rings. The van der Waals surface area contributed by atoms with E-state index < -0.39 is 0 Å². The zero-order chi connectivity index (χ0) is 17.0. The normalized spacial score (nSPS) is 10.9. The molecule has 4 nitrogen and oxygen atoms in total. The van der Waals surface area contributed by atoms with Crippen LogP contribution in [0.25, 0.3) is 0 Å². The van der Waals surface area contributed by atoms with E-state index in [1.807, 2.05) is 29.8 Å². The van der Waals surface area contributed by atoms with Crippen LogP contribution in [0.3, 0.4) is 0 Å². The first-order chi connectivity index (χ1) is 10.8. The third-order valence-corrected chi connectivity index (χ3v) is 4.20. The number of anilines is 1. The van der Waals surface area contributed by atoms with E-state index in [4.69, 9.17) is 35.4 Å². The number of nitrogens with zero attached hydrogens (tertiary/aromatic N) is 2. The summed E-state index contributed by atoms with van der Waals surface area (Å²) in [6.07, 6.45) is 0. The van der Waals surface area contributed by atoms with Crippen molar-refractivity contribution in [3.63, 3.8) is 0 Å². The van der Waals surface area contributed by atoms with Gasteiger partial charge in [0.25, 0.3) is 0 Å². The van der Waals surface area contributed by atoms with Gasteiger partial charge in [-0.05, 0) is 42.8 Å². The highest BCUT2D eigenvalue weighted by molar-refractivity contribution is 7.80. The molecule has 0 aliphatic rings. The Bertz CT molecular complexity index is 697. The fourth-order valence-corrected chi connectivity index (χ4v) is 2.51. The molecule has 0 unspecified atom stereocenters. The van der Waals surface area contributed by atoms with Gasteiger partial charge in [-0.3, -0.25) is 4.68 Å². The van der Waals surface area contributed by atoms with Crippen molar-refractivity contribution in [1.82, 2.24) is 15.1 Å². The first-order valence-corrected chi connectivity index (χ1v) is 8.55.